The number of carbonyl (C=O) groups excluding carboxylic acids is 1. The fraction of sp³-hybridized carbons (Fsp3) is 0.600. The van der Waals surface area contributed by atoms with Gasteiger partial charge in [0, 0.05) is 25.8 Å². The van der Waals surface area contributed by atoms with Gasteiger partial charge in [-0.1, -0.05) is 6.42 Å². The first-order valence-electron chi connectivity index (χ1n) is 7.25. The van der Waals surface area contributed by atoms with Crippen LogP contribution < -0.4 is 5.32 Å². The van der Waals surface area contributed by atoms with Crippen LogP contribution in [0.1, 0.15) is 42.5 Å². The number of hydrogen-bond acceptors (Lipinski definition) is 3. The summed E-state index contributed by atoms with van der Waals surface area (Å²) in [5.74, 6) is 1.56. The Labute approximate surface area is 114 Å². The van der Waals surface area contributed by atoms with Crippen LogP contribution in [-0.4, -0.2) is 35.4 Å². The smallest absolute Gasteiger partial charge is 0.257 e. The van der Waals surface area contributed by atoms with Crippen LogP contribution >= 0.6 is 0 Å². The van der Waals surface area contributed by atoms with Gasteiger partial charge in [0.25, 0.3) is 5.91 Å². The zero-order valence-electron chi connectivity index (χ0n) is 11.4. The monoisotopic (exact) mass is 259 g/mol. The summed E-state index contributed by atoms with van der Waals surface area (Å²) in [5.41, 5.74) is 0.706. The Hall–Kier alpha value is -1.58. The third kappa shape index (κ3) is 2.20. The highest BCUT2D eigenvalue weighted by Gasteiger charge is 2.38. The molecule has 0 spiro atoms. The summed E-state index contributed by atoms with van der Waals surface area (Å²) in [6.07, 6.45) is 7.89. The third-order valence-electron chi connectivity index (χ3n) is 4.53. The van der Waals surface area contributed by atoms with E-state index in [0.717, 1.165) is 18.9 Å². The number of amides is 1. The minimum Gasteiger partial charge on any atom is -0.372 e. The van der Waals surface area contributed by atoms with E-state index >= 15 is 0 Å². The Morgan fingerprint density at radius 2 is 2.21 bits per heavy atom. The number of nitrogens with zero attached hydrogens (tertiary/aromatic N) is 2. The van der Waals surface area contributed by atoms with Crippen LogP contribution in [-0.2, 0) is 0 Å². The van der Waals surface area contributed by atoms with E-state index in [1.165, 1.54) is 25.7 Å². The Kier molecular flexibility index (Phi) is 3.40. The van der Waals surface area contributed by atoms with Crippen LogP contribution in [0, 0.1) is 5.92 Å². The normalized spacial score (nSPS) is 26.1. The molecule has 1 aromatic heterocycles. The van der Waals surface area contributed by atoms with Gasteiger partial charge in [-0.3, -0.25) is 4.79 Å². The summed E-state index contributed by atoms with van der Waals surface area (Å²) in [5, 5.41) is 3.02. The molecular weight excluding hydrogens is 238 g/mol. The first kappa shape index (κ1) is 12.5. The van der Waals surface area contributed by atoms with Crippen molar-refractivity contribution in [3.05, 3.63) is 23.9 Å². The number of pyridine rings is 1. The molecule has 2 heterocycles. The van der Waals surface area contributed by atoms with E-state index in [9.17, 15) is 4.79 Å². The van der Waals surface area contributed by atoms with Gasteiger partial charge >= 0.3 is 0 Å². The maximum Gasteiger partial charge on any atom is 0.257 e. The van der Waals surface area contributed by atoms with E-state index in [-0.39, 0.29) is 5.91 Å². The average molecular weight is 259 g/mol. The van der Waals surface area contributed by atoms with E-state index < -0.39 is 0 Å². The van der Waals surface area contributed by atoms with Crippen LogP contribution in [0.15, 0.2) is 18.3 Å². The first-order valence-corrected chi connectivity index (χ1v) is 7.25. The minimum atomic E-state index is 0.147. The lowest BCUT2D eigenvalue weighted by Gasteiger charge is -2.38. The van der Waals surface area contributed by atoms with Gasteiger partial charge in [0.05, 0.1) is 5.56 Å². The Bertz CT molecular complexity index is 474. The van der Waals surface area contributed by atoms with Crippen LogP contribution in [0.5, 0.6) is 0 Å². The standard InChI is InChI=1S/C15H21N3O/c1-16-14-12(7-3-9-17-14)15(19)18-10-4-6-11-5-2-8-13(11)18/h3,7,9,11,13H,2,4-6,8,10H2,1H3,(H,16,17). The van der Waals surface area contributed by atoms with E-state index in [4.69, 9.17) is 0 Å². The van der Waals surface area contributed by atoms with Crippen molar-refractivity contribution in [1.82, 2.24) is 9.88 Å². The molecule has 4 heteroatoms. The summed E-state index contributed by atoms with van der Waals surface area (Å²) < 4.78 is 0. The van der Waals surface area contributed by atoms with Crippen molar-refractivity contribution < 1.29 is 4.79 Å². The molecule has 0 aromatic carbocycles. The first-order chi connectivity index (χ1) is 9.31. The molecule has 1 aliphatic carbocycles. The van der Waals surface area contributed by atoms with E-state index in [2.05, 4.69) is 15.2 Å². The second kappa shape index (κ2) is 5.19. The molecule has 2 fully saturated rings. The second-order valence-electron chi connectivity index (χ2n) is 5.55. The fourth-order valence-corrected chi connectivity index (χ4v) is 3.64. The molecule has 1 aromatic rings. The Morgan fingerprint density at radius 3 is 3.05 bits per heavy atom. The predicted octanol–water partition coefficient (Wildman–Crippen LogP) is 2.53. The molecule has 2 aliphatic rings. The van der Waals surface area contributed by atoms with Gasteiger partial charge < -0.3 is 10.2 Å². The SMILES string of the molecule is CNc1ncccc1C(=O)N1CCCC2CCCC21. The largest absolute Gasteiger partial charge is 0.372 e. The highest BCUT2D eigenvalue weighted by atomic mass is 16.2. The molecule has 0 radical (unpaired) electrons. The fourth-order valence-electron chi connectivity index (χ4n) is 3.64. The number of likely N-dealkylation sites (tertiary alicyclic amines) is 1. The quantitative estimate of drug-likeness (QED) is 0.887. The minimum absolute atomic E-state index is 0.147. The molecule has 0 bridgehead atoms. The highest BCUT2D eigenvalue weighted by Crippen LogP contribution is 2.37. The zero-order valence-corrected chi connectivity index (χ0v) is 11.4. The van der Waals surface area contributed by atoms with Crippen molar-refractivity contribution in [3.8, 4) is 0 Å². The number of aromatic nitrogens is 1. The number of hydrogen-bond donors (Lipinski definition) is 1. The summed E-state index contributed by atoms with van der Waals surface area (Å²) >= 11 is 0. The number of anilines is 1. The van der Waals surface area contributed by atoms with Crippen molar-refractivity contribution in [1.29, 1.82) is 0 Å². The van der Waals surface area contributed by atoms with Gasteiger partial charge in [-0.05, 0) is 43.7 Å². The van der Waals surface area contributed by atoms with Crippen molar-refractivity contribution in [2.75, 3.05) is 18.9 Å². The van der Waals surface area contributed by atoms with Crippen molar-refractivity contribution >= 4 is 11.7 Å². The van der Waals surface area contributed by atoms with Gasteiger partial charge in [0.15, 0.2) is 0 Å². The maximum atomic E-state index is 12.8. The van der Waals surface area contributed by atoms with Gasteiger partial charge in [0.1, 0.15) is 5.82 Å². The molecule has 3 rings (SSSR count). The lowest BCUT2D eigenvalue weighted by molar-refractivity contribution is 0.0549. The third-order valence-corrected chi connectivity index (χ3v) is 4.53. The van der Waals surface area contributed by atoms with Crippen LogP contribution in [0.25, 0.3) is 0 Å². The lowest BCUT2D eigenvalue weighted by atomic mass is 9.91. The second-order valence-corrected chi connectivity index (χ2v) is 5.55. The number of carbonyl (C=O) groups is 1. The molecule has 102 valence electrons. The van der Waals surface area contributed by atoms with Crippen LogP contribution in [0.2, 0.25) is 0 Å². The topological polar surface area (TPSA) is 45.2 Å². The highest BCUT2D eigenvalue weighted by molar-refractivity contribution is 5.99. The molecule has 19 heavy (non-hydrogen) atoms. The average Bonchev–Trinajstić information content (AvgIpc) is 2.94. The lowest BCUT2D eigenvalue weighted by Crippen LogP contribution is -2.46. The van der Waals surface area contributed by atoms with E-state index in [1.54, 1.807) is 6.20 Å². The van der Waals surface area contributed by atoms with Crippen LogP contribution in [0.3, 0.4) is 0 Å². The zero-order chi connectivity index (χ0) is 13.2. The molecule has 1 saturated carbocycles. The van der Waals surface area contributed by atoms with Crippen LogP contribution in [0.4, 0.5) is 5.82 Å². The van der Waals surface area contributed by atoms with Gasteiger partial charge in [-0.2, -0.15) is 0 Å². The molecule has 2 unspecified atom stereocenters. The summed E-state index contributed by atoms with van der Waals surface area (Å²) in [6, 6.07) is 4.18. The molecule has 1 aliphatic heterocycles. The summed E-state index contributed by atoms with van der Waals surface area (Å²) in [7, 11) is 1.81. The van der Waals surface area contributed by atoms with Crippen molar-refractivity contribution in [2.45, 2.75) is 38.1 Å². The summed E-state index contributed by atoms with van der Waals surface area (Å²) in [6.45, 7) is 0.901. The van der Waals surface area contributed by atoms with Gasteiger partial charge in [-0.15, -0.1) is 0 Å². The number of fused-ring (bicyclic) bond motifs is 1. The Balaban J connectivity index is 1.86. The van der Waals surface area contributed by atoms with Crippen molar-refractivity contribution in [3.63, 3.8) is 0 Å². The van der Waals surface area contributed by atoms with Gasteiger partial charge in [-0.25, -0.2) is 4.98 Å². The van der Waals surface area contributed by atoms with E-state index in [1.807, 2.05) is 19.2 Å². The van der Waals surface area contributed by atoms with E-state index in [0.29, 0.717) is 17.4 Å². The maximum absolute atomic E-state index is 12.8. The molecular formula is C15H21N3O. The number of nitrogens with one attached hydrogen (secondary N) is 1. The predicted molar refractivity (Wildman–Crippen MR) is 75.2 cm³/mol. The summed E-state index contributed by atoms with van der Waals surface area (Å²) in [4.78, 5) is 19.1. The molecule has 1 saturated heterocycles. The molecule has 4 nitrogen and oxygen atoms in total. The van der Waals surface area contributed by atoms with Crippen molar-refractivity contribution in [2.24, 2.45) is 5.92 Å². The molecule has 1 N–H and O–H groups in total. The number of rotatable bonds is 2. The number of piperidine rings is 1. The molecule has 2 atom stereocenters. The Morgan fingerprint density at radius 1 is 1.37 bits per heavy atom. The van der Waals surface area contributed by atoms with Gasteiger partial charge in [0.2, 0.25) is 0 Å². The molecule has 1 amide bonds.